The average molecular weight is 356 g/mol. The standard InChI is InChI=1S/C18H16N2O4S/c21-18(19-13-16-8-5-11-24-16)14-6-4-7-15(12-14)20-25(22,23)17-9-2-1-3-10-17/h1-12,20H,13H2,(H,19,21). The lowest BCUT2D eigenvalue weighted by atomic mass is 10.2. The van der Waals surface area contributed by atoms with Gasteiger partial charge in [0.05, 0.1) is 17.7 Å². The van der Waals surface area contributed by atoms with Crippen LogP contribution in [0.1, 0.15) is 16.1 Å². The SMILES string of the molecule is O=C(NCc1ccco1)c1cccc(NS(=O)(=O)c2ccccc2)c1. The zero-order valence-electron chi connectivity index (χ0n) is 13.2. The smallest absolute Gasteiger partial charge is 0.261 e. The van der Waals surface area contributed by atoms with E-state index in [1.54, 1.807) is 48.5 Å². The number of hydrogen-bond donors (Lipinski definition) is 2. The summed E-state index contributed by atoms with van der Waals surface area (Å²) in [7, 11) is -3.70. The molecule has 0 aliphatic carbocycles. The molecule has 25 heavy (non-hydrogen) atoms. The van der Waals surface area contributed by atoms with Crippen molar-refractivity contribution in [3.63, 3.8) is 0 Å². The van der Waals surface area contributed by atoms with Crippen LogP contribution in [0.5, 0.6) is 0 Å². The van der Waals surface area contributed by atoms with Crippen LogP contribution in [0.4, 0.5) is 5.69 Å². The molecule has 1 heterocycles. The fourth-order valence-corrected chi connectivity index (χ4v) is 3.29. The van der Waals surface area contributed by atoms with E-state index in [0.717, 1.165) is 0 Å². The largest absolute Gasteiger partial charge is 0.467 e. The molecule has 0 aliphatic heterocycles. The average Bonchev–Trinajstić information content (AvgIpc) is 3.14. The molecule has 0 fully saturated rings. The summed E-state index contributed by atoms with van der Waals surface area (Å²) in [6.45, 7) is 0.256. The summed E-state index contributed by atoms with van der Waals surface area (Å²) in [5.41, 5.74) is 0.661. The third-order valence-corrected chi connectivity index (χ3v) is 4.83. The minimum atomic E-state index is -3.70. The van der Waals surface area contributed by atoms with Gasteiger partial charge < -0.3 is 9.73 Å². The fraction of sp³-hybridized carbons (Fsp3) is 0.0556. The molecule has 3 aromatic rings. The molecule has 2 N–H and O–H groups in total. The van der Waals surface area contributed by atoms with Crippen LogP contribution in [-0.2, 0) is 16.6 Å². The first kappa shape index (κ1) is 16.8. The fourth-order valence-electron chi connectivity index (χ4n) is 2.22. The van der Waals surface area contributed by atoms with Gasteiger partial charge in [0, 0.05) is 11.3 Å². The van der Waals surface area contributed by atoms with Crippen molar-refractivity contribution in [2.24, 2.45) is 0 Å². The number of anilines is 1. The molecule has 3 rings (SSSR count). The van der Waals surface area contributed by atoms with Crippen molar-refractivity contribution in [2.75, 3.05) is 4.72 Å². The van der Waals surface area contributed by atoms with E-state index < -0.39 is 10.0 Å². The Labute approximate surface area is 145 Å². The second-order valence-electron chi connectivity index (χ2n) is 5.26. The molecule has 0 saturated heterocycles. The third kappa shape index (κ3) is 4.27. The van der Waals surface area contributed by atoms with Crippen molar-refractivity contribution < 1.29 is 17.6 Å². The molecule has 7 heteroatoms. The van der Waals surface area contributed by atoms with E-state index in [2.05, 4.69) is 10.0 Å². The molecule has 2 aromatic carbocycles. The van der Waals surface area contributed by atoms with Gasteiger partial charge in [0.25, 0.3) is 15.9 Å². The minimum absolute atomic E-state index is 0.155. The number of sulfonamides is 1. The number of hydrogen-bond acceptors (Lipinski definition) is 4. The van der Waals surface area contributed by atoms with Gasteiger partial charge in [0.1, 0.15) is 5.76 Å². The van der Waals surface area contributed by atoms with Crippen molar-refractivity contribution in [2.45, 2.75) is 11.4 Å². The predicted octanol–water partition coefficient (Wildman–Crippen LogP) is 3.01. The highest BCUT2D eigenvalue weighted by molar-refractivity contribution is 7.92. The molecule has 0 atom stereocenters. The van der Waals surface area contributed by atoms with Crippen molar-refractivity contribution in [3.05, 3.63) is 84.3 Å². The number of amides is 1. The summed E-state index contributed by atoms with van der Waals surface area (Å²) < 4.78 is 32.3. The van der Waals surface area contributed by atoms with Crippen molar-refractivity contribution in [1.82, 2.24) is 5.32 Å². The topological polar surface area (TPSA) is 88.4 Å². The number of furan rings is 1. The lowest BCUT2D eigenvalue weighted by molar-refractivity contribution is 0.0948. The third-order valence-electron chi connectivity index (χ3n) is 3.43. The Hall–Kier alpha value is -3.06. The van der Waals surface area contributed by atoms with Gasteiger partial charge in [0.15, 0.2) is 0 Å². The Morgan fingerprint density at radius 1 is 0.960 bits per heavy atom. The first-order valence-corrected chi connectivity index (χ1v) is 9.01. The lowest BCUT2D eigenvalue weighted by Crippen LogP contribution is -2.22. The Morgan fingerprint density at radius 3 is 2.48 bits per heavy atom. The molecule has 0 bridgehead atoms. The second kappa shape index (κ2) is 7.23. The quantitative estimate of drug-likeness (QED) is 0.711. The van der Waals surface area contributed by atoms with E-state index in [1.807, 2.05) is 0 Å². The van der Waals surface area contributed by atoms with Crippen LogP contribution in [0.25, 0.3) is 0 Å². The summed E-state index contributed by atoms with van der Waals surface area (Å²) in [5.74, 6) is 0.312. The first-order valence-electron chi connectivity index (χ1n) is 7.53. The van der Waals surface area contributed by atoms with Gasteiger partial charge in [-0.25, -0.2) is 8.42 Å². The highest BCUT2D eigenvalue weighted by Gasteiger charge is 2.14. The van der Waals surface area contributed by atoms with Crippen molar-refractivity contribution in [1.29, 1.82) is 0 Å². The van der Waals surface area contributed by atoms with Crippen LogP contribution in [0.3, 0.4) is 0 Å². The van der Waals surface area contributed by atoms with Crippen LogP contribution in [-0.4, -0.2) is 14.3 Å². The monoisotopic (exact) mass is 356 g/mol. The summed E-state index contributed by atoms with van der Waals surface area (Å²) in [6, 6.07) is 17.8. The maximum absolute atomic E-state index is 12.3. The van der Waals surface area contributed by atoms with Gasteiger partial charge in [-0.3, -0.25) is 9.52 Å². The molecule has 1 aromatic heterocycles. The molecule has 1 amide bonds. The Balaban J connectivity index is 1.72. The van der Waals surface area contributed by atoms with E-state index in [-0.39, 0.29) is 17.3 Å². The van der Waals surface area contributed by atoms with E-state index in [1.165, 1.54) is 24.5 Å². The van der Waals surface area contributed by atoms with Gasteiger partial charge in [-0.15, -0.1) is 0 Å². The highest BCUT2D eigenvalue weighted by Crippen LogP contribution is 2.17. The maximum atomic E-state index is 12.3. The molecule has 128 valence electrons. The molecule has 6 nitrogen and oxygen atoms in total. The molecule has 0 spiro atoms. The molecular formula is C18H16N2O4S. The zero-order chi connectivity index (χ0) is 17.7. The molecule has 0 radical (unpaired) electrons. The Morgan fingerprint density at radius 2 is 1.76 bits per heavy atom. The number of carbonyl (C=O) groups is 1. The summed E-state index contributed by atoms with van der Waals surface area (Å²) in [6.07, 6.45) is 1.53. The van der Waals surface area contributed by atoms with E-state index in [0.29, 0.717) is 17.0 Å². The van der Waals surface area contributed by atoms with Gasteiger partial charge in [0.2, 0.25) is 0 Å². The van der Waals surface area contributed by atoms with Gasteiger partial charge >= 0.3 is 0 Å². The number of carbonyl (C=O) groups excluding carboxylic acids is 1. The van der Waals surface area contributed by atoms with Crippen LogP contribution >= 0.6 is 0 Å². The Kier molecular flexibility index (Phi) is 4.85. The van der Waals surface area contributed by atoms with E-state index in [9.17, 15) is 13.2 Å². The molecular weight excluding hydrogens is 340 g/mol. The molecule has 0 aliphatic rings. The van der Waals surface area contributed by atoms with Crippen LogP contribution in [0.15, 0.2) is 82.3 Å². The molecule has 0 saturated carbocycles. The highest BCUT2D eigenvalue weighted by atomic mass is 32.2. The number of nitrogens with one attached hydrogen (secondary N) is 2. The maximum Gasteiger partial charge on any atom is 0.261 e. The summed E-state index contributed by atoms with van der Waals surface area (Å²) in [4.78, 5) is 12.4. The van der Waals surface area contributed by atoms with Crippen molar-refractivity contribution in [3.8, 4) is 0 Å². The van der Waals surface area contributed by atoms with Crippen molar-refractivity contribution >= 4 is 21.6 Å². The zero-order valence-corrected chi connectivity index (χ0v) is 14.0. The summed E-state index contributed by atoms with van der Waals surface area (Å²) >= 11 is 0. The summed E-state index contributed by atoms with van der Waals surface area (Å²) in [5, 5.41) is 2.71. The second-order valence-corrected chi connectivity index (χ2v) is 6.94. The van der Waals surface area contributed by atoms with Crippen LogP contribution in [0, 0.1) is 0 Å². The predicted molar refractivity (Wildman–Crippen MR) is 93.6 cm³/mol. The lowest BCUT2D eigenvalue weighted by Gasteiger charge is -2.09. The van der Waals surface area contributed by atoms with Crippen LogP contribution < -0.4 is 10.0 Å². The van der Waals surface area contributed by atoms with E-state index >= 15 is 0 Å². The first-order chi connectivity index (χ1) is 12.0. The number of benzene rings is 2. The van der Waals surface area contributed by atoms with Gasteiger partial charge in [-0.2, -0.15) is 0 Å². The Bertz CT molecular complexity index is 952. The van der Waals surface area contributed by atoms with Gasteiger partial charge in [-0.1, -0.05) is 24.3 Å². The minimum Gasteiger partial charge on any atom is -0.467 e. The number of rotatable bonds is 6. The van der Waals surface area contributed by atoms with E-state index in [4.69, 9.17) is 4.42 Å². The molecule has 0 unspecified atom stereocenters. The van der Waals surface area contributed by atoms with Gasteiger partial charge in [-0.05, 0) is 42.5 Å². The normalized spacial score (nSPS) is 11.0. The van der Waals surface area contributed by atoms with Crippen LogP contribution in [0.2, 0.25) is 0 Å².